The lowest BCUT2D eigenvalue weighted by Gasteiger charge is -2.23. The van der Waals surface area contributed by atoms with Crippen molar-refractivity contribution in [2.75, 3.05) is 13.2 Å². The summed E-state index contributed by atoms with van der Waals surface area (Å²) in [6.45, 7) is 1.84. The first-order valence-corrected chi connectivity index (χ1v) is 8.68. The van der Waals surface area contributed by atoms with Crippen molar-refractivity contribution in [3.63, 3.8) is 0 Å². The van der Waals surface area contributed by atoms with E-state index in [9.17, 15) is 13.2 Å². The third-order valence-electron chi connectivity index (χ3n) is 3.71. The number of aryl methyl sites for hydroxylation is 1. The molecular formula is C15H19N3O4S. The van der Waals surface area contributed by atoms with Crippen molar-refractivity contribution in [1.29, 1.82) is 5.26 Å². The van der Waals surface area contributed by atoms with E-state index < -0.39 is 34.7 Å². The second kappa shape index (κ2) is 7.08. The van der Waals surface area contributed by atoms with Crippen LogP contribution in [0.2, 0.25) is 0 Å². The lowest BCUT2D eigenvalue weighted by Crippen LogP contribution is -2.48. The first-order chi connectivity index (χ1) is 10.8. The van der Waals surface area contributed by atoms with E-state index in [1.54, 1.807) is 12.1 Å². The van der Waals surface area contributed by atoms with E-state index in [1.807, 2.05) is 13.0 Å². The van der Waals surface area contributed by atoms with Crippen molar-refractivity contribution >= 4 is 16.0 Å². The monoisotopic (exact) mass is 337 g/mol. The second-order valence-electron chi connectivity index (χ2n) is 5.48. The zero-order valence-corrected chi connectivity index (χ0v) is 13.6. The Morgan fingerprint density at radius 2 is 2.13 bits per heavy atom. The fourth-order valence-electron chi connectivity index (χ4n) is 2.38. The molecule has 8 heteroatoms. The minimum absolute atomic E-state index is 0.0128. The Morgan fingerprint density at radius 3 is 2.74 bits per heavy atom. The van der Waals surface area contributed by atoms with Gasteiger partial charge in [-0.1, -0.05) is 17.7 Å². The van der Waals surface area contributed by atoms with Crippen LogP contribution in [0.5, 0.6) is 0 Å². The Morgan fingerprint density at radius 1 is 1.48 bits per heavy atom. The Hall–Kier alpha value is -1.95. The van der Waals surface area contributed by atoms with Crippen molar-refractivity contribution in [3.8, 4) is 6.07 Å². The third-order valence-corrected chi connectivity index (χ3v) is 5.01. The molecule has 1 heterocycles. The van der Waals surface area contributed by atoms with Gasteiger partial charge in [0.25, 0.3) is 10.1 Å². The molecule has 0 spiro atoms. The number of nitriles is 1. The van der Waals surface area contributed by atoms with Crippen LogP contribution in [0.25, 0.3) is 0 Å². The molecule has 1 amide bonds. The average Bonchev–Trinajstić information content (AvgIpc) is 3.01. The summed E-state index contributed by atoms with van der Waals surface area (Å²) >= 11 is 0. The molecule has 1 fully saturated rings. The Bertz CT molecular complexity index is 709. The van der Waals surface area contributed by atoms with E-state index in [0.717, 1.165) is 12.0 Å². The predicted molar refractivity (Wildman–Crippen MR) is 82.6 cm³/mol. The summed E-state index contributed by atoms with van der Waals surface area (Å²) in [6, 6.07) is 6.61. The van der Waals surface area contributed by atoms with Crippen molar-refractivity contribution in [1.82, 2.24) is 4.90 Å². The zero-order valence-electron chi connectivity index (χ0n) is 12.8. The molecule has 0 bridgehead atoms. The van der Waals surface area contributed by atoms with Crippen molar-refractivity contribution in [2.24, 2.45) is 5.73 Å². The molecule has 0 unspecified atom stereocenters. The van der Waals surface area contributed by atoms with E-state index in [-0.39, 0.29) is 4.90 Å². The topological polar surface area (TPSA) is 113 Å². The van der Waals surface area contributed by atoms with Gasteiger partial charge in [0.2, 0.25) is 5.91 Å². The Kier molecular flexibility index (Phi) is 5.36. The average molecular weight is 337 g/mol. The molecule has 2 N–H and O–H groups in total. The molecule has 124 valence electrons. The van der Waals surface area contributed by atoms with Crippen molar-refractivity contribution < 1.29 is 17.4 Å². The van der Waals surface area contributed by atoms with Crippen LogP contribution in [0.15, 0.2) is 29.2 Å². The van der Waals surface area contributed by atoms with E-state index in [2.05, 4.69) is 0 Å². The van der Waals surface area contributed by atoms with E-state index >= 15 is 0 Å². The van der Waals surface area contributed by atoms with Crippen LogP contribution < -0.4 is 5.73 Å². The van der Waals surface area contributed by atoms with Crippen LogP contribution in [0, 0.1) is 18.3 Å². The van der Waals surface area contributed by atoms with Gasteiger partial charge in [-0.15, -0.1) is 0 Å². The largest absolute Gasteiger partial charge is 0.325 e. The van der Waals surface area contributed by atoms with E-state index in [0.29, 0.717) is 13.0 Å². The highest BCUT2D eigenvalue weighted by Gasteiger charge is 2.32. The van der Waals surface area contributed by atoms with Gasteiger partial charge in [0.1, 0.15) is 12.1 Å². The SMILES string of the molecule is Cc1ccc(S(=O)(=O)OC[C@@H](N)C(=O)N2CCC[C@H]2C#N)cc1. The first-order valence-electron chi connectivity index (χ1n) is 7.27. The molecule has 1 aromatic rings. The summed E-state index contributed by atoms with van der Waals surface area (Å²) in [7, 11) is -3.96. The van der Waals surface area contributed by atoms with Crippen LogP contribution in [0.1, 0.15) is 18.4 Å². The number of amides is 1. The predicted octanol–water partition coefficient (Wildman–Crippen LogP) is 0.542. The zero-order chi connectivity index (χ0) is 17.0. The van der Waals surface area contributed by atoms with Crippen molar-refractivity contribution in [2.45, 2.75) is 36.7 Å². The number of hydrogen-bond donors (Lipinski definition) is 1. The molecule has 7 nitrogen and oxygen atoms in total. The maximum absolute atomic E-state index is 12.2. The van der Waals surface area contributed by atoms with Crippen LogP contribution in [0.3, 0.4) is 0 Å². The summed E-state index contributed by atoms with van der Waals surface area (Å²) in [5.74, 6) is -0.465. The molecule has 0 radical (unpaired) electrons. The van der Waals surface area contributed by atoms with Crippen LogP contribution in [0.4, 0.5) is 0 Å². The standard InChI is InChI=1S/C15H19N3O4S/c1-11-4-6-13(7-5-11)23(20,21)22-10-14(17)15(19)18-8-2-3-12(18)9-16/h4-7,12,14H,2-3,8,10,17H2,1H3/t12-,14+/m0/s1. The number of carbonyl (C=O) groups is 1. The molecule has 1 aromatic carbocycles. The number of benzene rings is 1. The summed E-state index contributed by atoms with van der Waals surface area (Å²) in [6.07, 6.45) is 1.34. The van der Waals surface area contributed by atoms with E-state index in [1.165, 1.54) is 17.0 Å². The Balaban J connectivity index is 1.98. The molecule has 1 saturated heterocycles. The molecule has 0 aliphatic carbocycles. The molecule has 1 aliphatic heterocycles. The lowest BCUT2D eigenvalue weighted by atomic mass is 10.2. The maximum Gasteiger partial charge on any atom is 0.297 e. The van der Waals surface area contributed by atoms with Gasteiger partial charge in [-0.25, -0.2) is 0 Å². The number of likely N-dealkylation sites (tertiary alicyclic amines) is 1. The normalized spacial score (nSPS) is 19.3. The summed E-state index contributed by atoms with van der Waals surface area (Å²) in [5.41, 5.74) is 6.66. The molecule has 2 atom stereocenters. The van der Waals surface area contributed by atoms with Gasteiger partial charge < -0.3 is 10.6 Å². The summed E-state index contributed by atoms with van der Waals surface area (Å²) < 4.78 is 29.0. The highest BCUT2D eigenvalue weighted by atomic mass is 32.2. The first kappa shape index (κ1) is 17.4. The lowest BCUT2D eigenvalue weighted by molar-refractivity contribution is -0.133. The Labute approximate surface area is 135 Å². The quantitative estimate of drug-likeness (QED) is 0.785. The van der Waals surface area contributed by atoms with E-state index in [4.69, 9.17) is 15.2 Å². The fourth-order valence-corrected chi connectivity index (χ4v) is 3.32. The van der Waals surface area contributed by atoms with Gasteiger partial charge in [0.15, 0.2) is 0 Å². The molecular weight excluding hydrogens is 318 g/mol. The maximum atomic E-state index is 12.2. The van der Waals surface area contributed by atoms with Gasteiger partial charge in [-0.2, -0.15) is 13.7 Å². The number of rotatable bonds is 5. The van der Waals surface area contributed by atoms with Gasteiger partial charge in [0.05, 0.1) is 17.6 Å². The van der Waals surface area contributed by atoms with Gasteiger partial charge in [0, 0.05) is 6.54 Å². The third kappa shape index (κ3) is 4.07. The minimum Gasteiger partial charge on any atom is -0.325 e. The van der Waals surface area contributed by atoms with Gasteiger partial charge >= 0.3 is 0 Å². The number of carbonyl (C=O) groups excluding carboxylic acids is 1. The number of hydrogen-bond acceptors (Lipinski definition) is 6. The number of nitrogens with two attached hydrogens (primary N) is 1. The van der Waals surface area contributed by atoms with Crippen molar-refractivity contribution in [3.05, 3.63) is 29.8 Å². The summed E-state index contributed by atoms with van der Waals surface area (Å²) in [4.78, 5) is 13.6. The smallest absolute Gasteiger partial charge is 0.297 e. The molecule has 0 aromatic heterocycles. The highest BCUT2D eigenvalue weighted by molar-refractivity contribution is 7.86. The molecule has 23 heavy (non-hydrogen) atoms. The van der Waals surface area contributed by atoms with Gasteiger partial charge in [-0.3, -0.25) is 8.98 Å². The van der Waals surface area contributed by atoms with Crippen LogP contribution in [-0.4, -0.2) is 44.5 Å². The minimum atomic E-state index is -3.96. The second-order valence-corrected chi connectivity index (χ2v) is 7.09. The number of nitrogens with zero attached hydrogens (tertiary/aromatic N) is 2. The van der Waals surface area contributed by atoms with Crippen LogP contribution >= 0.6 is 0 Å². The van der Waals surface area contributed by atoms with Crippen LogP contribution in [-0.2, 0) is 19.1 Å². The fraction of sp³-hybridized carbons (Fsp3) is 0.467. The van der Waals surface area contributed by atoms with Gasteiger partial charge in [-0.05, 0) is 31.9 Å². The highest BCUT2D eigenvalue weighted by Crippen LogP contribution is 2.18. The molecule has 1 aliphatic rings. The molecule has 0 saturated carbocycles. The molecule has 2 rings (SSSR count). The summed E-state index contributed by atoms with van der Waals surface area (Å²) in [5, 5.41) is 8.99.